The molecule has 0 fully saturated rings. The summed E-state index contributed by atoms with van der Waals surface area (Å²) in [6.07, 6.45) is 0. The number of rotatable bonds is 6. The van der Waals surface area contributed by atoms with Gasteiger partial charge in [-0.2, -0.15) is 0 Å². The summed E-state index contributed by atoms with van der Waals surface area (Å²) in [4.78, 5) is 40.3. The van der Waals surface area contributed by atoms with Crippen LogP contribution in [0.5, 0.6) is 5.75 Å². The molecule has 0 saturated heterocycles. The number of aliphatic hydroxyl groups excluding tert-OH is 1. The topological polar surface area (TPSA) is 117 Å². The van der Waals surface area contributed by atoms with Crippen molar-refractivity contribution in [2.24, 2.45) is 0 Å². The second-order valence-electron chi connectivity index (χ2n) is 8.32. The summed E-state index contributed by atoms with van der Waals surface area (Å²) >= 11 is 3.39. The third-order valence-corrected chi connectivity index (χ3v) is 6.49. The number of carbonyl (C=O) groups is 3. The van der Waals surface area contributed by atoms with Crippen molar-refractivity contribution in [3.8, 4) is 5.75 Å². The molecule has 3 aromatic carbocycles. The monoisotopic (exact) mass is 561 g/mol. The minimum absolute atomic E-state index is 0.0490. The Kier molecular flexibility index (Phi) is 6.31. The Morgan fingerprint density at radius 1 is 1.03 bits per heavy atom. The molecule has 186 valence electrons. The molecule has 2 heterocycles. The first kappa shape index (κ1) is 24.3. The SMILES string of the molecule is CCOC(=O)c1ccc(N2C(=O)C(O)=C(C(=O)c3cc4cc(Br)ccc4o3)C2c2cccc(O)c2)cc1. The molecule has 0 aliphatic carbocycles. The van der Waals surface area contributed by atoms with Crippen molar-refractivity contribution in [1.29, 1.82) is 0 Å². The number of aromatic hydroxyl groups is 1. The number of ketones is 1. The second-order valence-corrected chi connectivity index (χ2v) is 9.24. The highest BCUT2D eigenvalue weighted by molar-refractivity contribution is 9.10. The number of carbonyl (C=O) groups excluding carboxylic acids is 3. The smallest absolute Gasteiger partial charge is 0.338 e. The van der Waals surface area contributed by atoms with Crippen LogP contribution in [0.1, 0.15) is 39.4 Å². The Morgan fingerprint density at radius 2 is 1.78 bits per heavy atom. The van der Waals surface area contributed by atoms with E-state index in [0.717, 1.165) is 4.47 Å². The molecule has 0 spiro atoms. The number of aliphatic hydroxyl groups is 1. The standard InChI is InChI=1S/C28H20BrNO7/c1-2-36-28(35)15-6-9-19(10-7-15)30-24(16-4-3-5-20(31)13-16)23(26(33)27(30)34)25(32)22-14-17-12-18(29)8-11-21(17)37-22/h3-14,24,31,33H,2H2,1H3. The van der Waals surface area contributed by atoms with Crippen LogP contribution in [0, 0.1) is 0 Å². The molecule has 1 aliphatic rings. The van der Waals surface area contributed by atoms with Gasteiger partial charge in [0.15, 0.2) is 11.5 Å². The largest absolute Gasteiger partial charge is 0.508 e. The fourth-order valence-electron chi connectivity index (χ4n) is 4.35. The zero-order valence-corrected chi connectivity index (χ0v) is 21.1. The lowest BCUT2D eigenvalue weighted by atomic mass is 9.94. The summed E-state index contributed by atoms with van der Waals surface area (Å²) in [6, 6.07) is 17.9. The number of phenolic OH excluding ortho intramolecular Hbond substituents is 1. The fraction of sp³-hybridized carbons (Fsp3) is 0.107. The third-order valence-electron chi connectivity index (χ3n) is 6.00. The highest BCUT2D eigenvalue weighted by Gasteiger charge is 2.45. The molecule has 2 N–H and O–H groups in total. The number of phenols is 1. The number of fused-ring (bicyclic) bond motifs is 1. The third kappa shape index (κ3) is 4.38. The molecule has 0 bridgehead atoms. The molecule has 9 heteroatoms. The van der Waals surface area contributed by atoms with Gasteiger partial charge in [-0.3, -0.25) is 14.5 Å². The number of nitrogens with zero attached hydrogens (tertiary/aromatic N) is 1. The molecule has 0 saturated carbocycles. The average molecular weight is 562 g/mol. The van der Waals surface area contributed by atoms with E-state index in [1.165, 1.54) is 41.3 Å². The first-order valence-corrected chi connectivity index (χ1v) is 12.1. The Morgan fingerprint density at radius 3 is 2.49 bits per heavy atom. The van der Waals surface area contributed by atoms with Gasteiger partial charge < -0.3 is 19.4 Å². The molecule has 4 aromatic rings. The van der Waals surface area contributed by atoms with E-state index in [-0.39, 0.29) is 29.3 Å². The van der Waals surface area contributed by atoms with Gasteiger partial charge in [0.2, 0.25) is 5.78 Å². The van der Waals surface area contributed by atoms with Gasteiger partial charge in [-0.15, -0.1) is 0 Å². The Hall–Kier alpha value is -4.37. The Bertz CT molecular complexity index is 1590. The summed E-state index contributed by atoms with van der Waals surface area (Å²) in [6.45, 7) is 1.91. The van der Waals surface area contributed by atoms with E-state index in [4.69, 9.17) is 9.15 Å². The maximum Gasteiger partial charge on any atom is 0.338 e. The van der Waals surface area contributed by atoms with E-state index in [1.807, 2.05) is 0 Å². The summed E-state index contributed by atoms with van der Waals surface area (Å²) in [5.74, 6) is -2.84. The van der Waals surface area contributed by atoms with E-state index in [9.17, 15) is 24.6 Å². The molecule has 5 rings (SSSR count). The van der Waals surface area contributed by atoms with Crippen molar-refractivity contribution in [1.82, 2.24) is 0 Å². The van der Waals surface area contributed by atoms with Crippen LogP contribution >= 0.6 is 15.9 Å². The van der Waals surface area contributed by atoms with Gasteiger partial charge in [0, 0.05) is 15.5 Å². The van der Waals surface area contributed by atoms with Gasteiger partial charge in [-0.1, -0.05) is 28.1 Å². The normalized spacial score (nSPS) is 15.5. The Labute approximate surface area is 219 Å². The maximum atomic E-state index is 13.7. The van der Waals surface area contributed by atoms with E-state index in [1.54, 1.807) is 43.3 Å². The summed E-state index contributed by atoms with van der Waals surface area (Å²) in [7, 11) is 0. The van der Waals surface area contributed by atoms with Crippen LogP contribution in [0.3, 0.4) is 0 Å². The van der Waals surface area contributed by atoms with Crippen LogP contribution in [0.2, 0.25) is 0 Å². The van der Waals surface area contributed by atoms with Gasteiger partial charge in [0.25, 0.3) is 5.91 Å². The second kappa shape index (κ2) is 9.59. The lowest BCUT2D eigenvalue weighted by molar-refractivity contribution is -0.117. The summed E-state index contributed by atoms with van der Waals surface area (Å²) < 4.78 is 11.6. The lowest BCUT2D eigenvalue weighted by Gasteiger charge is -2.27. The van der Waals surface area contributed by atoms with Crippen LogP contribution in [0.25, 0.3) is 11.0 Å². The molecular formula is C28H20BrNO7. The number of hydrogen-bond acceptors (Lipinski definition) is 7. The molecular weight excluding hydrogens is 542 g/mol. The van der Waals surface area contributed by atoms with Gasteiger partial charge in [0.05, 0.1) is 23.8 Å². The van der Waals surface area contributed by atoms with Crippen LogP contribution in [-0.4, -0.2) is 34.5 Å². The predicted molar refractivity (Wildman–Crippen MR) is 139 cm³/mol. The molecule has 0 radical (unpaired) electrons. The minimum atomic E-state index is -1.07. The Balaban J connectivity index is 1.60. The molecule has 1 amide bonds. The highest BCUT2D eigenvalue weighted by Crippen LogP contribution is 2.43. The number of esters is 1. The number of furan rings is 1. The highest BCUT2D eigenvalue weighted by atomic mass is 79.9. The number of benzene rings is 3. The molecule has 1 atom stereocenters. The number of anilines is 1. The van der Waals surface area contributed by atoms with Crippen molar-refractivity contribution in [2.45, 2.75) is 13.0 Å². The van der Waals surface area contributed by atoms with Gasteiger partial charge >= 0.3 is 5.97 Å². The van der Waals surface area contributed by atoms with Crippen molar-refractivity contribution in [2.75, 3.05) is 11.5 Å². The molecule has 1 unspecified atom stereocenters. The van der Waals surface area contributed by atoms with Crippen molar-refractivity contribution < 1.29 is 33.8 Å². The first-order chi connectivity index (χ1) is 17.8. The van der Waals surface area contributed by atoms with E-state index in [0.29, 0.717) is 22.2 Å². The van der Waals surface area contributed by atoms with Crippen molar-refractivity contribution in [3.05, 3.63) is 105 Å². The van der Waals surface area contributed by atoms with E-state index < -0.39 is 29.5 Å². The summed E-state index contributed by atoms with van der Waals surface area (Å²) in [5, 5.41) is 21.7. The number of ether oxygens (including phenoxy) is 1. The van der Waals surface area contributed by atoms with Gasteiger partial charge in [-0.05, 0) is 73.2 Å². The lowest BCUT2D eigenvalue weighted by Crippen LogP contribution is -2.31. The molecule has 37 heavy (non-hydrogen) atoms. The van der Waals surface area contributed by atoms with Crippen LogP contribution in [-0.2, 0) is 9.53 Å². The maximum absolute atomic E-state index is 13.7. The number of hydrogen-bond donors (Lipinski definition) is 2. The van der Waals surface area contributed by atoms with E-state index in [2.05, 4.69) is 15.9 Å². The van der Waals surface area contributed by atoms with Gasteiger partial charge in [-0.25, -0.2) is 4.79 Å². The average Bonchev–Trinajstić information content (AvgIpc) is 3.42. The van der Waals surface area contributed by atoms with Crippen LogP contribution in [0.15, 0.2) is 93.0 Å². The molecule has 1 aromatic heterocycles. The van der Waals surface area contributed by atoms with E-state index >= 15 is 0 Å². The van der Waals surface area contributed by atoms with Crippen LogP contribution in [0.4, 0.5) is 5.69 Å². The summed E-state index contributed by atoms with van der Waals surface area (Å²) in [5.41, 5.74) is 1.29. The number of Topliss-reactive ketones (excluding diaryl/α,β-unsaturated/α-hetero) is 1. The number of halogens is 1. The zero-order valence-electron chi connectivity index (χ0n) is 19.5. The first-order valence-electron chi connectivity index (χ1n) is 11.3. The quantitative estimate of drug-likeness (QED) is 0.223. The van der Waals surface area contributed by atoms with Gasteiger partial charge in [0.1, 0.15) is 11.3 Å². The zero-order chi connectivity index (χ0) is 26.3. The number of amides is 1. The van der Waals surface area contributed by atoms with Crippen LogP contribution < -0.4 is 4.90 Å². The molecule has 1 aliphatic heterocycles. The van der Waals surface area contributed by atoms with Crippen molar-refractivity contribution >= 4 is 50.2 Å². The molecule has 8 nitrogen and oxygen atoms in total. The van der Waals surface area contributed by atoms with Crippen molar-refractivity contribution in [3.63, 3.8) is 0 Å². The minimum Gasteiger partial charge on any atom is -0.508 e. The fourth-order valence-corrected chi connectivity index (χ4v) is 4.72. The predicted octanol–water partition coefficient (Wildman–Crippen LogP) is 5.86.